The van der Waals surface area contributed by atoms with Gasteiger partial charge in [-0.3, -0.25) is 4.90 Å². The van der Waals surface area contributed by atoms with Crippen LogP contribution in [0.25, 0.3) is 0 Å². The molecule has 0 radical (unpaired) electrons. The third-order valence-electron chi connectivity index (χ3n) is 2.98. The molecule has 1 saturated heterocycles. The smallest absolute Gasteiger partial charge is 0.372 e. The summed E-state index contributed by atoms with van der Waals surface area (Å²) in [4.78, 5) is 2.31. The maximum Gasteiger partial charge on any atom is 0.411 e. The molecule has 102 valence electrons. The van der Waals surface area contributed by atoms with Crippen molar-refractivity contribution < 1.29 is 17.9 Å². The number of nitrogens with one attached hydrogen (secondary N) is 1. The van der Waals surface area contributed by atoms with Crippen LogP contribution in [-0.4, -0.2) is 56.0 Å². The van der Waals surface area contributed by atoms with E-state index in [0.29, 0.717) is 18.5 Å². The van der Waals surface area contributed by atoms with Crippen molar-refractivity contribution in [2.24, 2.45) is 0 Å². The topological polar surface area (TPSA) is 24.5 Å². The van der Waals surface area contributed by atoms with Gasteiger partial charge in [0.1, 0.15) is 6.61 Å². The maximum absolute atomic E-state index is 11.8. The van der Waals surface area contributed by atoms with E-state index in [1.165, 1.54) is 0 Å². The van der Waals surface area contributed by atoms with Crippen LogP contribution in [0.2, 0.25) is 0 Å². The van der Waals surface area contributed by atoms with Gasteiger partial charge in [-0.25, -0.2) is 0 Å². The minimum atomic E-state index is -4.21. The lowest BCUT2D eigenvalue weighted by Gasteiger charge is -2.39. The Bertz CT molecular complexity index is 213. The van der Waals surface area contributed by atoms with Crippen molar-refractivity contribution >= 4 is 0 Å². The Morgan fingerprint density at radius 2 is 1.82 bits per heavy atom. The molecule has 0 saturated carbocycles. The Morgan fingerprint density at radius 1 is 1.24 bits per heavy atom. The zero-order valence-corrected chi connectivity index (χ0v) is 10.4. The van der Waals surface area contributed by atoms with Crippen LogP contribution in [0, 0.1) is 0 Å². The van der Waals surface area contributed by atoms with Gasteiger partial charge in [-0.15, -0.1) is 0 Å². The second-order valence-electron chi connectivity index (χ2n) is 4.62. The van der Waals surface area contributed by atoms with Gasteiger partial charge < -0.3 is 10.1 Å². The van der Waals surface area contributed by atoms with Crippen molar-refractivity contribution in [3.63, 3.8) is 0 Å². The number of hydrogen-bond acceptors (Lipinski definition) is 3. The highest BCUT2D eigenvalue weighted by atomic mass is 19.4. The summed E-state index contributed by atoms with van der Waals surface area (Å²) in [5, 5.41) is 3.31. The van der Waals surface area contributed by atoms with Crippen molar-refractivity contribution in [2.75, 3.05) is 32.8 Å². The first-order valence-electron chi connectivity index (χ1n) is 6.01. The summed E-state index contributed by atoms with van der Waals surface area (Å²) >= 11 is 0. The highest BCUT2D eigenvalue weighted by Gasteiger charge is 2.27. The highest BCUT2D eigenvalue weighted by Crippen LogP contribution is 2.15. The largest absolute Gasteiger partial charge is 0.411 e. The van der Waals surface area contributed by atoms with Crippen LogP contribution in [0.4, 0.5) is 13.2 Å². The average Bonchev–Trinajstić information content (AvgIpc) is 2.20. The standard InChI is InChI=1S/C11H21F3N2O/c1-9-6-15-7-10(2)16(9)4-3-5-17-8-11(12,13)14/h9-10,15H,3-8H2,1-2H3. The predicted octanol–water partition coefficient (Wildman–Crippen LogP) is 1.64. The fourth-order valence-electron chi connectivity index (χ4n) is 2.15. The predicted molar refractivity (Wildman–Crippen MR) is 60.0 cm³/mol. The molecule has 1 N–H and O–H groups in total. The Balaban J connectivity index is 2.13. The van der Waals surface area contributed by atoms with Gasteiger partial charge in [0.2, 0.25) is 0 Å². The summed E-state index contributed by atoms with van der Waals surface area (Å²) in [6.07, 6.45) is -3.57. The van der Waals surface area contributed by atoms with Gasteiger partial charge in [-0.1, -0.05) is 0 Å². The fraction of sp³-hybridized carbons (Fsp3) is 1.00. The summed E-state index contributed by atoms with van der Waals surface area (Å²) in [5.41, 5.74) is 0. The Morgan fingerprint density at radius 3 is 2.35 bits per heavy atom. The van der Waals surface area contributed by atoms with E-state index < -0.39 is 12.8 Å². The van der Waals surface area contributed by atoms with E-state index in [2.05, 4.69) is 28.8 Å². The molecular weight excluding hydrogens is 233 g/mol. The number of piperazine rings is 1. The molecule has 2 unspecified atom stereocenters. The second-order valence-corrected chi connectivity index (χ2v) is 4.62. The third kappa shape index (κ3) is 5.70. The van der Waals surface area contributed by atoms with Gasteiger partial charge >= 0.3 is 6.18 Å². The molecule has 0 spiro atoms. The van der Waals surface area contributed by atoms with Crippen molar-refractivity contribution in [3.05, 3.63) is 0 Å². The summed E-state index contributed by atoms with van der Waals surface area (Å²) < 4.78 is 40.0. The number of rotatable bonds is 5. The molecule has 17 heavy (non-hydrogen) atoms. The third-order valence-corrected chi connectivity index (χ3v) is 2.98. The SMILES string of the molecule is CC1CNCC(C)N1CCCOCC(F)(F)F. The first kappa shape index (κ1) is 14.7. The normalized spacial score (nSPS) is 27.4. The first-order valence-corrected chi connectivity index (χ1v) is 6.01. The molecule has 1 heterocycles. The van der Waals surface area contributed by atoms with Crippen LogP contribution >= 0.6 is 0 Å². The molecule has 1 aliphatic rings. The second kappa shape index (κ2) is 6.56. The fourth-order valence-corrected chi connectivity index (χ4v) is 2.15. The quantitative estimate of drug-likeness (QED) is 0.755. The Hall–Kier alpha value is -0.330. The van der Waals surface area contributed by atoms with Crippen LogP contribution in [0.3, 0.4) is 0 Å². The zero-order chi connectivity index (χ0) is 12.9. The molecule has 0 aliphatic carbocycles. The van der Waals surface area contributed by atoms with Gasteiger partial charge in [0.15, 0.2) is 0 Å². The number of alkyl halides is 3. The van der Waals surface area contributed by atoms with Crippen molar-refractivity contribution in [3.8, 4) is 0 Å². The summed E-state index contributed by atoms with van der Waals surface area (Å²) in [6.45, 7) is 5.95. The average molecular weight is 254 g/mol. The van der Waals surface area contributed by atoms with E-state index >= 15 is 0 Å². The monoisotopic (exact) mass is 254 g/mol. The van der Waals surface area contributed by atoms with Crippen molar-refractivity contribution in [1.29, 1.82) is 0 Å². The molecule has 1 rings (SSSR count). The number of nitrogens with zero attached hydrogens (tertiary/aromatic N) is 1. The van der Waals surface area contributed by atoms with Crippen molar-refractivity contribution in [1.82, 2.24) is 10.2 Å². The van der Waals surface area contributed by atoms with Crippen LogP contribution in [-0.2, 0) is 4.74 Å². The number of hydrogen-bond donors (Lipinski definition) is 1. The molecule has 6 heteroatoms. The van der Waals surface area contributed by atoms with Crippen molar-refractivity contribution in [2.45, 2.75) is 38.5 Å². The van der Waals surface area contributed by atoms with Crippen LogP contribution in [0.15, 0.2) is 0 Å². The Labute approximate surface area is 100 Å². The molecule has 0 bridgehead atoms. The minimum Gasteiger partial charge on any atom is -0.372 e. The van der Waals surface area contributed by atoms with Gasteiger partial charge in [0.05, 0.1) is 0 Å². The molecule has 0 aromatic heterocycles. The van der Waals surface area contributed by atoms with Crippen LogP contribution < -0.4 is 5.32 Å². The van der Waals surface area contributed by atoms with E-state index in [1.807, 2.05) is 0 Å². The van der Waals surface area contributed by atoms with E-state index in [1.54, 1.807) is 0 Å². The lowest BCUT2D eigenvalue weighted by Crippen LogP contribution is -2.55. The molecular formula is C11H21F3N2O. The summed E-state index contributed by atoms with van der Waals surface area (Å²) in [7, 11) is 0. The molecule has 0 amide bonds. The van der Waals surface area contributed by atoms with E-state index in [4.69, 9.17) is 0 Å². The molecule has 1 fully saturated rings. The first-order chi connectivity index (χ1) is 7.90. The van der Waals surface area contributed by atoms with Crippen LogP contribution in [0.1, 0.15) is 20.3 Å². The van der Waals surface area contributed by atoms with Gasteiger partial charge in [0, 0.05) is 38.3 Å². The minimum absolute atomic E-state index is 0.170. The Kier molecular flexibility index (Phi) is 5.69. The molecule has 0 aromatic carbocycles. The zero-order valence-electron chi connectivity index (χ0n) is 10.4. The lowest BCUT2D eigenvalue weighted by molar-refractivity contribution is -0.174. The van der Waals surface area contributed by atoms with Crippen LogP contribution in [0.5, 0.6) is 0 Å². The highest BCUT2D eigenvalue weighted by molar-refractivity contribution is 4.82. The molecule has 0 aromatic rings. The molecule has 3 nitrogen and oxygen atoms in total. The summed E-state index contributed by atoms with van der Waals surface area (Å²) in [5.74, 6) is 0. The maximum atomic E-state index is 11.8. The molecule has 2 atom stereocenters. The van der Waals surface area contributed by atoms with E-state index in [9.17, 15) is 13.2 Å². The summed E-state index contributed by atoms with van der Waals surface area (Å²) in [6, 6.07) is 0.864. The number of ether oxygens (including phenoxy) is 1. The van der Waals surface area contributed by atoms with Gasteiger partial charge in [-0.2, -0.15) is 13.2 Å². The molecule has 1 aliphatic heterocycles. The van der Waals surface area contributed by atoms with E-state index in [0.717, 1.165) is 19.6 Å². The van der Waals surface area contributed by atoms with Gasteiger partial charge in [-0.05, 0) is 20.3 Å². The van der Waals surface area contributed by atoms with E-state index in [-0.39, 0.29) is 6.61 Å². The van der Waals surface area contributed by atoms with Gasteiger partial charge in [0.25, 0.3) is 0 Å². The number of halogens is 3. The lowest BCUT2D eigenvalue weighted by atomic mass is 10.1.